The van der Waals surface area contributed by atoms with Crippen LogP contribution in [0.2, 0.25) is 5.02 Å². The number of halogens is 1. The van der Waals surface area contributed by atoms with Gasteiger partial charge in [0.2, 0.25) is 0 Å². The van der Waals surface area contributed by atoms with Crippen molar-refractivity contribution in [3.8, 4) is 0 Å². The summed E-state index contributed by atoms with van der Waals surface area (Å²) >= 11 is 6.01. The van der Waals surface area contributed by atoms with E-state index in [9.17, 15) is 14.4 Å². The molecular weight excluding hydrogens is 320 g/mol. The number of hydrogen-bond acceptors (Lipinski definition) is 4. The highest BCUT2D eigenvalue weighted by molar-refractivity contribution is 6.33. The number of rotatable bonds is 5. The van der Waals surface area contributed by atoms with E-state index in [2.05, 4.69) is 10.3 Å². The van der Waals surface area contributed by atoms with Crippen molar-refractivity contribution in [3.05, 3.63) is 52.3 Å². The molecule has 6 nitrogen and oxygen atoms in total. The molecule has 0 atom stereocenters. The topological polar surface area (TPSA) is 88.3 Å². The van der Waals surface area contributed by atoms with Crippen LogP contribution >= 0.6 is 11.6 Å². The van der Waals surface area contributed by atoms with E-state index in [1.54, 1.807) is 18.2 Å². The summed E-state index contributed by atoms with van der Waals surface area (Å²) < 4.78 is 4.88. The van der Waals surface area contributed by atoms with Gasteiger partial charge in [-0.3, -0.25) is 9.59 Å². The van der Waals surface area contributed by atoms with Crippen LogP contribution in [0.15, 0.2) is 30.5 Å². The average molecular weight is 335 g/mol. The highest BCUT2D eigenvalue weighted by Crippen LogP contribution is 2.22. The number of hydrogen-bond donors (Lipinski definition) is 2. The van der Waals surface area contributed by atoms with Crippen LogP contribution in [-0.2, 0) is 9.53 Å². The van der Waals surface area contributed by atoms with Crippen LogP contribution in [0.5, 0.6) is 0 Å². The van der Waals surface area contributed by atoms with E-state index < -0.39 is 18.5 Å². The molecule has 1 heterocycles. The minimum atomic E-state index is -0.720. The molecule has 0 radical (unpaired) electrons. The molecule has 0 spiro atoms. The smallest absolute Gasteiger partial charge is 0.355 e. The maximum absolute atomic E-state index is 11.8. The first-order valence-electron chi connectivity index (χ1n) is 6.79. The molecule has 0 fully saturated rings. The Morgan fingerprint density at radius 1 is 1.26 bits per heavy atom. The fourth-order valence-corrected chi connectivity index (χ4v) is 2.11. The molecule has 0 aliphatic carbocycles. The maximum Gasteiger partial charge on any atom is 0.355 e. The Kier molecular flexibility index (Phi) is 5.18. The third-order valence-electron chi connectivity index (χ3n) is 3.04. The monoisotopic (exact) mass is 334 g/mol. The minimum absolute atomic E-state index is 0.108. The highest BCUT2D eigenvalue weighted by Gasteiger charge is 2.14. The molecule has 0 unspecified atom stereocenters. The van der Waals surface area contributed by atoms with Crippen molar-refractivity contribution in [1.29, 1.82) is 0 Å². The van der Waals surface area contributed by atoms with E-state index in [4.69, 9.17) is 16.3 Å². The molecule has 1 amide bonds. The van der Waals surface area contributed by atoms with E-state index in [0.717, 1.165) is 5.56 Å². The number of esters is 1. The third kappa shape index (κ3) is 4.43. The van der Waals surface area contributed by atoms with Crippen LogP contribution < -0.4 is 5.32 Å². The van der Waals surface area contributed by atoms with Gasteiger partial charge in [-0.25, -0.2) is 4.79 Å². The predicted molar refractivity (Wildman–Crippen MR) is 85.9 cm³/mol. The lowest BCUT2D eigenvalue weighted by atomic mass is 10.2. The van der Waals surface area contributed by atoms with Crippen LogP contribution in [0.4, 0.5) is 5.69 Å². The number of nitrogens with one attached hydrogen (secondary N) is 2. The summed E-state index contributed by atoms with van der Waals surface area (Å²) in [7, 11) is 0. The summed E-state index contributed by atoms with van der Waals surface area (Å²) in [6.07, 6.45) is 1.41. The second kappa shape index (κ2) is 7.11. The summed E-state index contributed by atoms with van der Waals surface area (Å²) in [5.74, 6) is -1.41. The van der Waals surface area contributed by atoms with E-state index in [1.807, 2.05) is 6.92 Å². The van der Waals surface area contributed by atoms with E-state index in [1.165, 1.54) is 19.2 Å². The van der Waals surface area contributed by atoms with Crippen molar-refractivity contribution in [2.24, 2.45) is 0 Å². The predicted octanol–water partition coefficient (Wildman–Crippen LogP) is 2.97. The molecule has 2 aromatic rings. The number of aromatic amines is 1. The summed E-state index contributed by atoms with van der Waals surface area (Å²) in [4.78, 5) is 37.4. The van der Waals surface area contributed by atoms with Crippen LogP contribution in [-0.4, -0.2) is 29.3 Å². The van der Waals surface area contributed by atoms with Crippen LogP contribution in [0.25, 0.3) is 0 Å². The Morgan fingerprint density at radius 2 is 2.00 bits per heavy atom. The Labute approximate surface area is 137 Å². The molecule has 0 saturated heterocycles. The van der Waals surface area contributed by atoms with Crippen LogP contribution in [0.1, 0.15) is 33.3 Å². The normalized spacial score (nSPS) is 10.2. The average Bonchev–Trinajstić information content (AvgIpc) is 2.98. The first-order valence-corrected chi connectivity index (χ1v) is 7.17. The molecule has 0 bridgehead atoms. The lowest BCUT2D eigenvalue weighted by Crippen LogP contribution is -2.21. The van der Waals surface area contributed by atoms with Gasteiger partial charge in [-0.1, -0.05) is 17.7 Å². The number of anilines is 1. The van der Waals surface area contributed by atoms with Gasteiger partial charge < -0.3 is 15.0 Å². The Hall–Kier alpha value is -2.60. The number of Topliss-reactive ketones (excluding diaryl/α,β-unsaturated/α-hetero) is 1. The number of carbonyl (C=O) groups is 3. The van der Waals surface area contributed by atoms with Crippen molar-refractivity contribution in [2.45, 2.75) is 13.8 Å². The van der Waals surface area contributed by atoms with E-state index in [0.29, 0.717) is 16.3 Å². The number of aromatic nitrogens is 1. The van der Waals surface area contributed by atoms with Gasteiger partial charge in [0.1, 0.15) is 5.69 Å². The van der Waals surface area contributed by atoms with Gasteiger partial charge in [-0.2, -0.15) is 0 Å². The lowest BCUT2D eigenvalue weighted by molar-refractivity contribution is -0.119. The van der Waals surface area contributed by atoms with Gasteiger partial charge in [-0.15, -0.1) is 0 Å². The van der Waals surface area contributed by atoms with Crippen molar-refractivity contribution in [2.75, 3.05) is 11.9 Å². The summed E-state index contributed by atoms with van der Waals surface area (Å²) in [6, 6.07) is 6.56. The molecule has 1 aromatic heterocycles. The standard InChI is InChI=1S/C16H15ClN2O4/c1-9-3-4-13(12(17)5-9)19-15(21)8-23-16(22)14-6-11(7-18-14)10(2)20/h3-7,18H,8H2,1-2H3,(H,19,21). The number of amides is 1. The molecule has 0 saturated carbocycles. The molecule has 23 heavy (non-hydrogen) atoms. The third-order valence-corrected chi connectivity index (χ3v) is 3.36. The van der Waals surface area contributed by atoms with Crippen molar-refractivity contribution >= 4 is 34.9 Å². The summed E-state index contributed by atoms with van der Waals surface area (Å²) in [5, 5.41) is 2.96. The SMILES string of the molecule is CC(=O)c1c[nH]c(C(=O)OCC(=O)Nc2ccc(C)cc2Cl)c1. The first kappa shape index (κ1) is 16.8. The lowest BCUT2D eigenvalue weighted by Gasteiger charge is -2.08. The van der Waals surface area contributed by atoms with Crippen LogP contribution in [0.3, 0.4) is 0 Å². The molecular formula is C16H15ClN2O4. The zero-order valence-electron chi connectivity index (χ0n) is 12.6. The summed E-state index contributed by atoms with van der Waals surface area (Å²) in [5.41, 5.74) is 1.88. The first-order chi connectivity index (χ1) is 10.9. The van der Waals surface area contributed by atoms with Gasteiger partial charge in [0.25, 0.3) is 5.91 Å². The van der Waals surface area contributed by atoms with Crippen molar-refractivity contribution in [1.82, 2.24) is 4.98 Å². The largest absolute Gasteiger partial charge is 0.451 e. The Bertz CT molecular complexity index is 767. The fourth-order valence-electron chi connectivity index (χ4n) is 1.83. The van der Waals surface area contributed by atoms with Gasteiger partial charge in [0.15, 0.2) is 12.4 Å². The maximum atomic E-state index is 11.8. The van der Waals surface area contributed by atoms with E-state index in [-0.39, 0.29) is 11.5 Å². The number of ketones is 1. The molecule has 120 valence electrons. The number of ether oxygens (including phenoxy) is 1. The van der Waals surface area contributed by atoms with Gasteiger partial charge in [0.05, 0.1) is 10.7 Å². The minimum Gasteiger partial charge on any atom is -0.451 e. The second-order valence-corrected chi connectivity index (χ2v) is 5.37. The molecule has 2 N–H and O–H groups in total. The van der Waals surface area contributed by atoms with E-state index >= 15 is 0 Å². The van der Waals surface area contributed by atoms with Gasteiger partial charge >= 0.3 is 5.97 Å². The number of carbonyl (C=O) groups excluding carboxylic acids is 3. The Morgan fingerprint density at radius 3 is 2.61 bits per heavy atom. The van der Waals surface area contributed by atoms with Gasteiger partial charge in [-0.05, 0) is 37.6 Å². The quantitative estimate of drug-likeness (QED) is 0.650. The van der Waals surface area contributed by atoms with Crippen molar-refractivity contribution < 1.29 is 19.1 Å². The Balaban J connectivity index is 1.90. The molecule has 0 aliphatic heterocycles. The van der Waals surface area contributed by atoms with Gasteiger partial charge in [0, 0.05) is 11.8 Å². The number of aryl methyl sites for hydroxylation is 1. The zero-order valence-corrected chi connectivity index (χ0v) is 13.4. The highest BCUT2D eigenvalue weighted by atomic mass is 35.5. The van der Waals surface area contributed by atoms with Crippen LogP contribution in [0, 0.1) is 6.92 Å². The number of benzene rings is 1. The second-order valence-electron chi connectivity index (χ2n) is 4.97. The molecule has 0 aliphatic rings. The fraction of sp³-hybridized carbons (Fsp3) is 0.188. The van der Waals surface area contributed by atoms with Crippen molar-refractivity contribution in [3.63, 3.8) is 0 Å². The number of H-pyrrole nitrogens is 1. The molecule has 7 heteroatoms. The molecule has 2 rings (SSSR count). The molecule has 1 aromatic carbocycles. The zero-order chi connectivity index (χ0) is 17.0. The summed E-state index contributed by atoms with van der Waals surface area (Å²) in [6.45, 7) is 2.80.